The van der Waals surface area contributed by atoms with E-state index in [0.717, 1.165) is 17.2 Å². The van der Waals surface area contributed by atoms with E-state index < -0.39 is 15.7 Å². The van der Waals surface area contributed by atoms with Gasteiger partial charge in [-0.1, -0.05) is 52.6 Å². The van der Waals surface area contributed by atoms with E-state index in [0.29, 0.717) is 10.5 Å². The first kappa shape index (κ1) is 20.4. The van der Waals surface area contributed by atoms with Gasteiger partial charge in [-0.3, -0.25) is 9.78 Å². The Labute approximate surface area is 184 Å². The lowest BCUT2D eigenvalue weighted by molar-refractivity contribution is 0.0985. The van der Waals surface area contributed by atoms with Crippen molar-refractivity contribution in [1.29, 1.82) is 0 Å². The maximum Gasteiger partial charge on any atom is 0.381 e. The monoisotopic (exact) mass is 478 g/mol. The lowest BCUT2D eigenvalue weighted by atomic mass is 10.2. The lowest BCUT2D eigenvalue weighted by Crippen LogP contribution is -2.12. The zero-order valence-electron chi connectivity index (χ0n) is 14.6. The summed E-state index contributed by atoms with van der Waals surface area (Å²) in [6.45, 7) is 7.27. The van der Waals surface area contributed by atoms with Gasteiger partial charge in [0.15, 0.2) is 5.09 Å². The number of hydrogen-bond donors (Lipinski definition) is 1. The van der Waals surface area contributed by atoms with E-state index in [4.69, 9.17) is 34.2 Å². The summed E-state index contributed by atoms with van der Waals surface area (Å²) in [5, 5.41) is 4.14. The van der Waals surface area contributed by atoms with E-state index in [1.165, 1.54) is 24.5 Å². The van der Waals surface area contributed by atoms with Crippen LogP contribution in [0.3, 0.4) is 0 Å². The molecule has 1 N–H and O–H groups in total. The number of aromatic nitrogens is 2. The number of anilines is 1. The van der Waals surface area contributed by atoms with Crippen LogP contribution in [0.5, 0.6) is 0 Å². The molecule has 0 radical (unpaired) electrons. The number of nitrogens with one attached hydrogen (secondary N) is 1. The van der Waals surface area contributed by atoms with Gasteiger partial charge in [0.05, 0.1) is 19.8 Å². The number of hydrogen-bond acceptors (Lipinski definition) is 7. The number of carbonyl (C=O) groups excluding carboxylic acids is 1. The molecule has 12 heteroatoms. The minimum Gasteiger partial charge on any atom is -0.420 e. The number of rotatable bonds is 4. The van der Waals surface area contributed by atoms with Crippen LogP contribution in [0.15, 0.2) is 55.3 Å². The molecule has 0 spiro atoms. The van der Waals surface area contributed by atoms with E-state index >= 15 is 0 Å². The second-order valence-corrected chi connectivity index (χ2v) is 9.43. The zero-order chi connectivity index (χ0) is 21.5. The Morgan fingerprint density at radius 2 is 1.97 bits per heavy atom. The fourth-order valence-corrected chi connectivity index (χ4v) is 5.15. The molecular formula is C18H8Cl2N4O4S2. The molecule has 1 aromatic carbocycles. The van der Waals surface area contributed by atoms with Gasteiger partial charge in [0.2, 0.25) is 9.84 Å². The van der Waals surface area contributed by atoms with Crippen LogP contribution in [0.4, 0.5) is 11.5 Å². The highest BCUT2D eigenvalue weighted by Gasteiger charge is 2.26. The van der Waals surface area contributed by atoms with Gasteiger partial charge in [0.25, 0.3) is 0 Å². The van der Waals surface area contributed by atoms with Gasteiger partial charge in [-0.2, -0.15) is 0 Å². The highest BCUT2D eigenvalue weighted by atomic mass is 35.5. The van der Waals surface area contributed by atoms with Gasteiger partial charge in [-0.05, 0) is 23.8 Å². The molecule has 0 saturated heterocycles. The largest absolute Gasteiger partial charge is 0.420 e. The molecule has 0 fully saturated rings. The standard InChI is InChI=1S/C18H8Cl2N4O4S2/c1-21-15-18(29-14-11(19)7-22-8-12(14)20)28-17(24-15)16(25)23-10-3-2-9-4-5-30(26,27)13(9)6-10/h2-8H,(H,23,25). The molecule has 150 valence electrons. The van der Waals surface area contributed by atoms with Gasteiger partial charge in [0, 0.05) is 23.5 Å². The fraction of sp³-hybridized carbons (Fsp3) is 0. The van der Waals surface area contributed by atoms with Crippen LogP contribution in [0, 0.1) is 6.57 Å². The van der Waals surface area contributed by atoms with Crippen LogP contribution in [0.2, 0.25) is 10.0 Å². The van der Waals surface area contributed by atoms with Crippen LogP contribution in [-0.4, -0.2) is 24.3 Å². The average molecular weight is 479 g/mol. The minimum absolute atomic E-state index is 0.0332. The third kappa shape index (κ3) is 3.80. The molecule has 1 aliphatic heterocycles. The van der Waals surface area contributed by atoms with Crippen molar-refractivity contribution in [3.05, 3.63) is 68.9 Å². The van der Waals surface area contributed by atoms with E-state index in [1.54, 1.807) is 12.1 Å². The maximum atomic E-state index is 12.5. The van der Waals surface area contributed by atoms with Crippen molar-refractivity contribution in [3.63, 3.8) is 0 Å². The molecule has 2 aromatic heterocycles. The maximum absolute atomic E-state index is 12.5. The highest BCUT2D eigenvalue weighted by Crippen LogP contribution is 2.42. The van der Waals surface area contributed by atoms with Crippen LogP contribution >= 0.6 is 35.0 Å². The molecule has 3 heterocycles. The molecule has 1 aliphatic rings. The summed E-state index contributed by atoms with van der Waals surface area (Å²) in [5.41, 5.74) is 0.771. The molecule has 0 aliphatic carbocycles. The Kier molecular flexibility index (Phi) is 5.29. The first-order chi connectivity index (χ1) is 14.3. The number of benzene rings is 1. The number of nitrogens with zero attached hydrogens (tertiary/aromatic N) is 3. The highest BCUT2D eigenvalue weighted by molar-refractivity contribution is 7.99. The van der Waals surface area contributed by atoms with E-state index in [2.05, 4.69) is 20.1 Å². The molecule has 0 bridgehead atoms. The molecule has 0 saturated carbocycles. The normalized spacial score (nSPS) is 13.6. The summed E-state index contributed by atoms with van der Waals surface area (Å²) in [7, 11) is -3.52. The van der Waals surface area contributed by atoms with Gasteiger partial charge in [-0.15, -0.1) is 0 Å². The fourth-order valence-electron chi connectivity index (χ4n) is 2.54. The molecule has 3 aromatic rings. The Hall–Kier alpha value is -2.84. The van der Waals surface area contributed by atoms with Gasteiger partial charge >= 0.3 is 17.6 Å². The van der Waals surface area contributed by atoms with Crippen LogP contribution in [0.25, 0.3) is 10.9 Å². The van der Waals surface area contributed by atoms with Crippen molar-refractivity contribution in [2.45, 2.75) is 14.9 Å². The minimum atomic E-state index is -3.52. The van der Waals surface area contributed by atoms with Crippen molar-refractivity contribution in [2.24, 2.45) is 0 Å². The molecule has 4 rings (SSSR count). The number of amides is 1. The first-order valence-electron chi connectivity index (χ1n) is 8.02. The van der Waals surface area contributed by atoms with E-state index in [9.17, 15) is 13.2 Å². The summed E-state index contributed by atoms with van der Waals surface area (Å²) in [6, 6.07) is 4.46. The van der Waals surface area contributed by atoms with Crippen LogP contribution < -0.4 is 5.32 Å². The Morgan fingerprint density at radius 1 is 1.23 bits per heavy atom. The third-order valence-corrected chi connectivity index (χ3v) is 7.24. The van der Waals surface area contributed by atoms with Gasteiger partial charge in [0.1, 0.15) is 0 Å². The Morgan fingerprint density at radius 3 is 2.67 bits per heavy atom. The quantitative estimate of drug-likeness (QED) is 0.520. The number of fused-ring (bicyclic) bond motifs is 1. The summed E-state index contributed by atoms with van der Waals surface area (Å²) < 4.78 is 29.4. The average Bonchev–Trinajstić information content (AvgIpc) is 3.25. The second-order valence-electron chi connectivity index (χ2n) is 5.83. The second kappa shape index (κ2) is 7.77. The van der Waals surface area contributed by atoms with E-state index in [1.807, 2.05) is 0 Å². The predicted molar refractivity (Wildman–Crippen MR) is 112 cm³/mol. The third-order valence-electron chi connectivity index (χ3n) is 3.89. The molecule has 8 nitrogen and oxygen atoms in total. The van der Waals surface area contributed by atoms with Gasteiger partial charge < -0.3 is 14.6 Å². The molecule has 30 heavy (non-hydrogen) atoms. The number of oxazole rings is 1. The number of halogens is 2. The number of carbonyl (C=O) groups is 1. The van der Waals surface area contributed by atoms with E-state index in [-0.39, 0.29) is 37.4 Å². The van der Waals surface area contributed by atoms with Crippen LogP contribution in [0.1, 0.15) is 16.2 Å². The Balaban J connectivity index is 1.60. The summed E-state index contributed by atoms with van der Waals surface area (Å²) in [4.78, 5) is 24.0. The molecule has 1 amide bonds. The SMILES string of the molecule is [C-]#[N+]c1nc(C(=O)Nc2ccc3c(c2)S(=O)(=O)C=C3)oc1Sc1c(Cl)cncc1Cl. The number of pyridine rings is 1. The van der Waals surface area contributed by atoms with Gasteiger partial charge in [-0.25, -0.2) is 8.42 Å². The summed E-state index contributed by atoms with van der Waals surface area (Å²) >= 11 is 13.1. The number of sulfone groups is 1. The zero-order valence-corrected chi connectivity index (χ0v) is 17.7. The van der Waals surface area contributed by atoms with Crippen molar-refractivity contribution in [2.75, 3.05) is 5.32 Å². The molecule has 0 atom stereocenters. The summed E-state index contributed by atoms with van der Waals surface area (Å²) in [6.07, 6.45) is 4.24. The van der Waals surface area contributed by atoms with Crippen molar-refractivity contribution in [1.82, 2.24) is 9.97 Å². The molecule has 0 unspecified atom stereocenters. The topological polar surface area (TPSA) is 107 Å². The smallest absolute Gasteiger partial charge is 0.381 e. The van der Waals surface area contributed by atoms with Crippen molar-refractivity contribution in [3.8, 4) is 0 Å². The van der Waals surface area contributed by atoms with Crippen molar-refractivity contribution < 1.29 is 17.6 Å². The Bertz CT molecular complexity index is 1360. The molecular weight excluding hydrogens is 471 g/mol. The summed E-state index contributed by atoms with van der Waals surface area (Å²) in [5.74, 6) is -1.26. The predicted octanol–water partition coefficient (Wildman–Crippen LogP) is 5.09. The first-order valence-corrected chi connectivity index (χ1v) is 11.1. The lowest BCUT2D eigenvalue weighted by Gasteiger charge is -2.05. The van der Waals surface area contributed by atoms with Crippen LogP contribution in [-0.2, 0) is 9.84 Å². The van der Waals surface area contributed by atoms with Crippen molar-refractivity contribution >= 4 is 68.3 Å².